The predicted octanol–water partition coefficient (Wildman–Crippen LogP) is 2.76. The molecule has 0 radical (unpaired) electrons. The van der Waals surface area contributed by atoms with Crippen molar-refractivity contribution >= 4 is 17.9 Å². The van der Waals surface area contributed by atoms with E-state index in [1.54, 1.807) is 6.07 Å². The number of carbonyl (C=O) groups is 1. The molecule has 148 valence electrons. The Morgan fingerprint density at radius 1 is 1.21 bits per heavy atom. The molecule has 9 nitrogen and oxygen atoms in total. The number of nitrogens with one attached hydrogen (secondary N) is 1. The maximum absolute atomic E-state index is 13.4. The van der Waals surface area contributed by atoms with Gasteiger partial charge in [-0.05, 0) is 40.8 Å². The van der Waals surface area contributed by atoms with Gasteiger partial charge in [0.15, 0.2) is 11.5 Å². The van der Waals surface area contributed by atoms with Crippen LogP contribution in [0.15, 0.2) is 59.7 Å². The molecule has 0 fully saturated rings. The van der Waals surface area contributed by atoms with E-state index < -0.39 is 28.1 Å². The number of aromatic hydroxyl groups is 2. The summed E-state index contributed by atoms with van der Waals surface area (Å²) < 4.78 is 14.7. The Labute approximate surface area is 163 Å². The summed E-state index contributed by atoms with van der Waals surface area (Å²) in [6.45, 7) is 0.0176. The van der Waals surface area contributed by atoms with Gasteiger partial charge in [-0.25, -0.2) is 14.4 Å². The molecule has 1 amide bonds. The molecule has 0 aliphatic rings. The Balaban J connectivity index is 1.82. The minimum atomic E-state index is -0.785. The topological polar surface area (TPSA) is 130 Å². The number of benzene rings is 2. The van der Waals surface area contributed by atoms with Gasteiger partial charge in [0.2, 0.25) is 0 Å². The average Bonchev–Trinajstić information content (AvgIpc) is 3.06. The first kappa shape index (κ1) is 19.5. The van der Waals surface area contributed by atoms with Crippen molar-refractivity contribution in [2.45, 2.75) is 6.54 Å². The molecule has 0 atom stereocenters. The molecule has 0 saturated heterocycles. The Hall–Kier alpha value is -4.21. The lowest BCUT2D eigenvalue weighted by molar-refractivity contribution is -0.391. The van der Waals surface area contributed by atoms with Crippen LogP contribution < -0.4 is 5.43 Å². The second-order valence-electron chi connectivity index (χ2n) is 5.96. The third kappa shape index (κ3) is 4.38. The summed E-state index contributed by atoms with van der Waals surface area (Å²) in [4.78, 5) is 22.8. The Morgan fingerprint density at radius 2 is 1.97 bits per heavy atom. The van der Waals surface area contributed by atoms with E-state index in [1.165, 1.54) is 59.3 Å². The number of para-hydroxylation sites is 1. The van der Waals surface area contributed by atoms with Gasteiger partial charge in [-0.2, -0.15) is 5.10 Å². The van der Waals surface area contributed by atoms with E-state index in [1.807, 2.05) is 0 Å². The first-order chi connectivity index (χ1) is 13.9. The van der Waals surface area contributed by atoms with Gasteiger partial charge in [0.05, 0.1) is 11.8 Å². The number of hydrogen-bond acceptors (Lipinski definition) is 6. The molecule has 3 aromatic rings. The third-order valence-corrected chi connectivity index (χ3v) is 4.03. The molecule has 1 heterocycles. The number of amides is 1. The van der Waals surface area contributed by atoms with Gasteiger partial charge < -0.3 is 20.3 Å². The fraction of sp³-hybridized carbons (Fsp3) is 0.0526. The summed E-state index contributed by atoms with van der Waals surface area (Å²) in [5, 5.41) is 34.2. The van der Waals surface area contributed by atoms with Crippen LogP contribution in [0.1, 0.15) is 21.6 Å². The quantitative estimate of drug-likeness (QED) is 0.254. The highest BCUT2D eigenvalue weighted by molar-refractivity contribution is 5.98. The number of carbonyl (C=O) groups excluding carboxylic acids is 1. The van der Waals surface area contributed by atoms with E-state index in [2.05, 4.69) is 10.5 Å². The van der Waals surface area contributed by atoms with Gasteiger partial charge in [-0.3, -0.25) is 4.79 Å². The molecule has 0 saturated carbocycles. The first-order valence-corrected chi connectivity index (χ1v) is 8.29. The Bertz CT molecular complexity index is 1110. The number of hydrazone groups is 1. The number of nitrogens with zero attached hydrogens (tertiary/aromatic N) is 3. The van der Waals surface area contributed by atoms with Crippen LogP contribution in [0.5, 0.6) is 11.5 Å². The highest BCUT2D eigenvalue weighted by Crippen LogP contribution is 2.27. The lowest BCUT2D eigenvalue weighted by Crippen LogP contribution is -2.18. The second kappa shape index (κ2) is 8.21. The molecule has 1 aromatic heterocycles. The summed E-state index contributed by atoms with van der Waals surface area (Å²) in [6, 6.07) is 12.2. The molecule has 0 aliphatic heterocycles. The van der Waals surface area contributed by atoms with Gasteiger partial charge in [0.25, 0.3) is 5.91 Å². The number of rotatable bonds is 6. The molecule has 29 heavy (non-hydrogen) atoms. The van der Waals surface area contributed by atoms with E-state index in [0.717, 1.165) is 0 Å². The normalized spacial score (nSPS) is 10.9. The average molecular weight is 398 g/mol. The molecule has 3 N–H and O–H groups in total. The monoisotopic (exact) mass is 398 g/mol. The minimum absolute atomic E-state index is 0.0176. The molecule has 10 heteroatoms. The standard InChI is InChI=1S/C19H15FN4O5/c20-13-4-1-3-12(9-13)11-23-14(7-8-17(23)24(28)29)10-21-22-19(27)15-5-2-6-16(25)18(15)26/h1-10,25-26H,11H2,(H,22,27)/b21-10+. The number of halogens is 1. The highest BCUT2D eigenvalue weighted by atomic mass is 19.1. The van der Waals surface area contributed by atoms with Crippen molar-refractivity contribution < 1.29 is 24.3 Å². The minimum Gasteiger partial charge on any atom is -0.504 e. The van der Waals surface area contributed by atoms with Crippen LogP contribution in [-0.2, 0) is 6.54 Å². The van der Waals surface area contributed by atoms with Crippen LogP contribution in [-0.4, -0.2) is 31.8 Å². The summed E-state index contributed by atoms with van der Waals surface area (Å²) in [7, 11) is 0. The zero-order chi connectivity index (χ0) is 21.0. The lowest BCUT2D eigenvalue weighted by atomic mass is 10.2. The van der Waals surface area contributed by atoms with Gasteiger partial charge in [-0.15, -0.1) is 0 Å². The highest BCUT2D eigenvalue weighted by Gasteiger charge is 2.18. The molecule has 0 unspecified atom stereocenters. The van der Waals surface area contributed by atoms with Crippen LogP contribution in [0.4, 0.5) is 10.2 Å². The van der Waals surface area contributed by atoms with Crippen LogP contribution >= 0.6 is 0 Å². The third-order valence-electron chi connectivity index (χ3n) is 4.03. The van der Waals surface area contributed by atoms with Crippen LogP contribution in [0.3, 0.4) is 0 Å². The summed E-state index contributed by atoms with van der Waals surface area (Å²) >= 11 is 0. The van der Waals surface area contributed by atoms with E-state index in [4.69, 9.17) is 0 Å². The number of phenolic OH excluding ortho intramolecular Hbond substituents is 2. The zero-order valence-corrected chi connectivity index (χ0v) is 14.8. The van der Waals surface area contributed by atoms with Gasteiger partial charge in [-0.1, -0.05) is 18.2 Å². The van der Waals surface area contributed by atoms with E-state index >= 15 is 0 Å². The molecule has 2 aromatic carbocycles. The van der Waals surface area contributed by atoms with Gasteiger partial charge >= 0.3 is 5.82 Å². The zero-order valence-electron chi connectivity index (χ0n) is 14.8. The van der Waals surface area contributed by atoms with Crippen LogP contribution in [0.25, 0.3) is 0 Å². The molecule has 0 spiro atoms. The van der Waals surface area contributed by atoms with Crippen molar-refractivity contribution in [3.05, 3.63) is 87.3 Å². The SMILES string of the molecule is O=C(N/N=C/c1ccc([N+](=O)[O-])n1Cc1cccc(F)c1)c1cccc(O)c1O. The molecule has 3 rings (SSSR count). The molecular weight excluding hydrogens is 383 g/mol. The number of aromatic nitrogens is 1. The summed E-state index contributed by atoms with van der Waals surface area (Å²) in [6.07, 6.45) is 1.18. The molecular formula is C19H15FN4O5. The fourth-order valence-electron chi connectivity index (χ4n) is 2.67. The van der Waals surface area contributed by atoms with Crippen molar-refractivity contribution in [1.82, 2.24) is 9.99 Å². The van der Waals surface area contributed by atoms with Crippen molar-refractivity contribution in [2.75, 3.05) is 0 Å². The van der Waals surface area contributed by atoms with Crippen LogP contribution in [0.2, 0.25) is 0 Å². The predicted molar refractivity (Wildman–Crippen MR) is 101 cm³/mol. The summed E-state index contributed by atoms with van der Waals surface area (Å²) in [5.74, 6) is -2.53. The van der Waals surface area contributed by atoms with Crippen molar-refractivity contribution in [2.24, 2.45) is 5.10 Å². The number of hydrogen-bond donors (Lipinski definition) is 3. The molecule has 0 aliphatic carbocycles. The fourth-order valence-corrected chi connectivity index (χ4v) is 2.67. The smallest absolute Gasteiger partial charge is 0.323 e. The van der Waals surface area contributed by atoms with Crippen molar-refractivity contribution in [3.63, 3.8) is 0 Å². The van der Waals surface area contributed by atoms with Gasteiger partial charge in [0, 0.05) is 6.07 Å². The van der Waals surface area contributed by atoms with E-state index in [9.17, 15) is 29.5 Å². The Kier molecular flexibility index (Phi) is 5.54. The Morgan fingerprint density at radius 3 is 2.69 bits per heavy atom. The maximum atomic E-state index is 13.4. The largest absolute Gasteiger partial charge is 0.504 e. The van der Waals surface area contributed by atoms with E-state index in [-0.39, 0.29) is 17.9 Å². The van der Waals surface area contributed by atoms with Crippen LogP contribution in [0, 0.1) is 15.9 Å². The van der Waals surface area contributed by atoms with Crippen molar-refractivity contribution in [3.8, 4) is 11.5 Å². The lowest BCUT2D eigenvalue weighted by Gasteiger charge is -2.05. The van der Waals surface area contributed by atoms with Crippen molar-refractivity contribution in [1.29, 1.82) is 0 Å². The second-order valence-corrected chi connectivity index (χ2v) is 5.96. The maximum Gasteiger partial charge on any atom is 0.323 e. The van der Waals surface area contributed by atoms with Gasteiger partial charge in [0.1, 0.15) is 18.1 Å². The first-order valence-electron chi connectivity index (χ1n) is 8.29. The number of nitro groups is 1. The number of phenols is 2. The summed E-state index contributed by atoms with van der Waals surface area (Å²) in [5.41, 5.74) is 2.78. The molecule has 0 bridgehead atoms. The van der Waals surface area contributed by atoms with E-state index in [0.29, 0.717) is 11.3 Å².